The number of hydrogen-bond acceptors (Lipinski definition) is 2. The Hall–Kier alpha value is -1.56. The Morgan fingerprint density at radius 3 is 2.67 bits per heavy atom. The van der Waals surface area contributed by atoms with Crippen molar-refractivity contribution >= 4 is 5.91 Å². The highest BCUT2D eigenvalue weighted by Crippen LogP contribution is 2.32. The number of amides is 1. The van der Waals surface area contributed by atoms with Crippen LogP contribution in [0.3, 0.4) is 0 Å². The molecule has 0 aromatic heterocycles. The van der Waals surface area contributed by atoms with Crippen LogP contribution >= 0.6 is 0 Å². The third-order valence-electron chi connectivity index (χ3n) is 3.71. The summed E-state index contributed by atoms with van der Waals surface area (Å²) in [7, 11) is 1.55. The molecule has 1 aromatic rings. The van der Waals surface area contributed by atoms with Crippen LogP contribution < -0.4 is 5.32 Å². The normalized spacial score (nSPS) is 19.3. The van der Waals surface area contributed by atoms with Crippen molar-refractivity contribution in [3.05, 3.63) is 35.4 Å². The summed E-state index contributed by atoms with van der Waals surface area (Å²) in [6, 6.07) is 5.10. The summed E-state index contributed by atoms with van der Waals surface area (Å²) in [4.78, 5) is 13.6. The first-order valence-corrected chi connectivity index (χ1v) is 7.03. The number of rotatable bonds is 3. The largest absolute Gasteiger partial charge is 0.416 e. The van der Waals surface area contributed by atoms with Crippen LogP contribution in [0.2, 0.25) is 0 Å². The first-order valence-electron chi connectivity index (χ1n) is 7.03. The molecule has 2 rings (SSSR count). The van der Waals surface area contributed by atoms with Crippen LogP contribution in [0, 0.1) is 0 Å². The van der Waals surface area contributed by atoms with Gasteiger partial charge in [-0.1, -0.05) is 24.6 Å². The van der Waals surface area contributed by atoms with Gasteiger partial charge in [0.25, 0.3) is 0 Å². The van der Waals surface area contributed by atoms with Crippen LogP contribution in [-0.4, -0.2) is 30.4 Å². The van der Waals surface area contributed by atoms with Crippen molar-refractivity contribution in [3.63, 3.8) is 0 Å². The van der Waals surface area contributed by atoms with Gasteiger partial charge in [-0.15, -0.1) is 0 Å². The minimum absolute atomic E-state index is 0.0350. The molecule has 6 heteroatoms. The molecular formula is C15H19F3N2O. The van der Waals surface area contributed by atoms with Gasteiger partial charge in [0.2, 0.25) is 5.91 Å². The van der Waals surface area contributed by atoms with Crippen molar-refractivity contribution in [1.29, 1.82) is 0 Å². The van der Waals surface area contributed by atoms with Crippen molar-refractivity contribution < 1.29 is 18.0 Å². The number of nitrogens with one attached hydrogen (secondary N) is 1. The summed E-state index contributed by atoms with van der Waals surface area (Å²) < 4.78 is 38.8. The average molecular weight is 300 g/mol. The summed E-state index contributed by atoms with van der Waals surface area (Å²) in [6.45, 7) is 0.746. The van der Waals surface area contributed by atoms with E-state index >= 15 is 0 Å². The van der Waals surface area contributed by atoms with Gasteiger partial charge < -0.3 is 10.2 Å². The number of benzene rings is 1. The fourth-order valence-electron chi connectivity index (χ4n) is 2.60. The van der Waals surface area contributed by atoms with Gasteiger partial charge >= 0.3 is 6.18 Å². The molecule has 1 aromatic carbocycles. The lowest BCUT2D eigenvalue weighted by Gasteiger charge is -2.28. The van der Waals surface area contributed by atoms with E-state index in [4.69, 9.17) is 0 Å². The predicted molar refractivity (Wildman–Crippen MR) is 73.6 cm³/mol. The van der Waals surface area contributed by atoms with E-state index in [1.54, 1.807) is 13.1 Å². The number of carbonyl (C=O) groups is 1. The molecule has 1 saturated heterocycles. The van der Waals surface area contributed by atoms with Gasteiger partial charge in [-0.05, 0) is 31.0 Å². The third-order valence-corrected chi connectivity index (χ3v) is 3.71. The van der Waals surface area contributed by atoms with Crippen LogP contribution in [0.1, 0.15) is 30.4 Å². The van der Waals surface area contributed by atoms with E-state index in [1.165, 1.54) is 17.0 Å². The molecule has 1 aliphatic heterocycles. The number of carbonyl (C=O) groups excluding carboxylic acids is 1. The monoisotopic (exact) mass is 300 g/mol. The maximum Gasteiger partial charge on any atom is 0.416 e. The number of hydrogen-bond donors (Lipinski definition) is 1. The van der Waals surface area contributed by atoms with E-state index < -0.39 is 11.7 Å². The van der Waals surface area contributed by atoms with Crippen molar-refractivity contribution in [3.8, 4) is 0 Å². The van der Waals surface area contributed by atoms with Gasteiger partial charge in [0.1, 0.15) is 0 Å². The van der Waals surface area contributed by atoms with E-state index in [2.05, 4.69) is 5.32 Å². The number of piperidine rings is 1. The number of nitrogens with zero attached hydrogens (tertiary/aromatic N) is 1. The zero-order chi connectivity index (χ0) is 15.5. The molecule has 0 saturated carbocycles. The molecular weight excluding hydrogens is 281 g/mol. The number of likely N-dealkylation sites (N-methyl/N-ethyl adjacent to an activating group) is 1. The standard InChI is InChI=1S/C15H19F3N2O/c1-20(14(21)13-8-4-5-9-19-13)10-11-6-2-3-7-12(11)15(16,17)18/h2-3,6-7,13,19H,4-5,8-10H2,1H3/t13-/m0/s1. The molecule has 0 bridgehead atoms. The molecule has 0 unspecified atom stereocenters. The van der Waals surface area contributed by atoms with Gasteiger partial charge in [0.05, 0.1) is 11.6 Å². The van der Waals surface area contributed by atoms with E-state index in [0.717, 1.165) is 31.9 Å². The van der Waals surface area contributed by atoms with Crippen LogP contribution in [0.25, 0.3) is 0 Å². The molecule has 0 aliphatic carbocycles. The van der Waals surface area contributed by atoms with Crippen molar-refractivity contribution in [2.24, 2.45) is 0 Å². The lowest BCUT2D eigenvalue weighted by Crippen LogP contribution is -2.47. The van der Waals surface area contributed by atoms with Crippen molar-refractivity contribution in [2.75, 3.05) is 13.6 Å². The molecule has 1 amide bonds. The maximum atomic E-state index is 12.9. The molecule has 1 fully saturated rings. The van der Waals surface area contributed by atoms with Crippen LogP contribution in [0.5, 0.6) is 0 Å². The zero-order valence-corrected chi connectivity index (χ0v) is 11.9. The van der Waals surface area contributed by atoms with Crippen molar-refractivity contribution in [2.45, 2.75) is 38.0 Å². The van der Waals surface area contributed by atoms with Gasteiger partial charge in [-0.25, -0.2) is 0 Å². The highest BCUT2D eigenvalue weighted by atomic mass is 19.4. The smallest absolute Gasteiger partial charge is 0.340 e. The number of alkyl halides is 3. The zero-order valence-electron chi connectivity index (χ0n) is 11.9. The summed E-state index contributed by atoms with van der Waals surface area (Å²) in [6.07, 6.45) is -1.66. The molecule has 21 heavy (non-hydrogen) atoms. The minimum atomic E-state index is -4.40. The first kappa shape index (κ1) is 15.8. The summed E-state index contributed by atoms with van der Waals surface area (Å²) in [5.41, 5.74) is -0.557. The molecule has 1 aliphatic rings. The topological polar surface area (TPSA) is 32.3 Å². The molecule has 1 N–H and O–H groups in total. The Morgan fingerprint density at radius 2 is 2.05 bits per heavy atom. The fourth-order valence-corrected chi connectivity index (χ4v) is 2.60. The molecule has 1 atom stereocenters. The highest BCUT2D eigenvalue weighted by molar-refractivity contribution is 5.81. The van der Waals surface area contributed by atoms with E-state index in [9.17, 15) is 18.0 Å². The summed E-state index contributed by atoms with van der Waals surface area (Å²) in [5, 5.41) is 3.12. The van der Waals surface area contributed by atoms with Gasteiger partial charge in [0.15, 0.2) is 0 Å². The quantitative estimate of drug-likeness (QED) is 0.931. The molecule has 116 valence electrons. The maximum absolute atomic E-state index is 12.9. The van der Waals surface area contributed by atoms with Gasteiger partial charge in [0, 0.05) is 13.6 Å². The second kappa shape index (κ2) is 6.47. The Kier molecular flexibility index (Phi) is 4.88. The second-order valence-corrected chi connectivity index (χ2v) is 5.35. The van der Waals surface area contributed by atoms with Crippen LogP contribution in [-0.2, 0) is 17.5 Å². The predicted octanol–water partition coefficient (Wildman–Crippen LogP) is 2.81. The Morgan fingerprint density at radius 1 is 1.33 bits per heavy atom. The van der Waals surface area contributed by atoms with Crippen molar-refractivity contribution in [1.82, 2.24) is 10.2 Å². The highest BCUT2D eigenvalue weighted by Gasteiger charge is 2.33. The van der Waals surface area contributed by atoms with Gasteiger partial charge in [-0.2, -0.15) is 13.2 Å². The lowest BCUT2D eigenvalue weighted by atomic mass is 10.0. The SMILES string of the molecule is CN(Cc1ccccc1C(F)(F)F)C(=O)[C@@H]1CCCCN1. The minimum Gasteiger partial charge on any atom is -0.340 e. The Labute approximate surface area is 122 Å². The van der Waals surface area contributed by atoms with Crippen LogP contribution in [0.15, 0.2) is 24.3 Å². The molecule has 0 radical (unpaired) electrons. The summed E-state index contributed by atoms with van der Waals surface area (Å²) in [5.74, 6) is -0.147. The average Bonchev–Trinajstić information content (AvgIpc) is 2.47. The van der Waals surface area contributed by atoms with Crippen LogP contribution in [0.4, 0.5) is 13.2 Å². The molecule has 1 heterocycles. The summed E-state index contributed by atoms with van der Waals surface area (Å²) >= 11 is 0. The lowest BCUT2D eigenvalue weighted by molar-refractivity contribution is -0.140. The van der Waals surface area contributed by atoms with E-state index in [0.29, 0.717) is 0 Å². The van der Waals surface area contributed by atoms with E-state index in [1.807, 2.05) is 0 Å². The molecule has 0 spiro atoms. The van der Waals surface area contributed by atoms with Gasteiger partial charge in [-0.3, -0.25) is 4.79 Å². The Bertz CT molecular complexity index is 496. The Balaban J connectivity index is 2.09. The number of halogens is 3. The molecule has 3 nitrogen and oxygen atoms in total. The second-order valence-electron chi connectivity index (χ2n) is 5.35. The van der Waals surface area contributed by atoms with E-state index in [-0.39, 0.29) is 24.1 Å². The first-order chi connectivity index (χ1) is 9.89. The fraction of sp³-hybridized carbons (Fsp3) is 0.533. The third kappa shape index (κ3) is 3.97.